The van der Waals surface area contributed by atoms with Crippen LogP contribution in [0, 0.1) is 6.92 Å². The molecular weight excluding hydrogens is 384 g/mol. The van der Waals surface area contributed by atoms with Crippen molar-refractivity contribution in [2.24, 2.45) is 0 Å². The molecule has 5 heteroatoms. The van der Waals surface area contributed by atoms with E-state index in [1.807, 2.05) is 46.8 Å². The molecule has 0 spiro atoms. The van der Waals surface area contributed by atoms with Crippen LogP contribution < -0.4 is 0 Å². The molecule has 0 saturated carbocycles. The quantitative estimate of drug-likeness (QED) is 0.599. The Bertz CT molecular complexity index is 832. The van der Waals surface area contributed by atoms with Gasteiger partial charge in [-0.2, -0.15) is 0 Å². The maximum atomic E-state index is 13.0. The smallest absolute Gasteiger partial charge is 0.255 e. The van der Waals surface area contributed by atoms with Crippen LogP contribution in [0.3, 0.4) is 0 Å². The summed E-state index contributed by atoms with van der Waals surface area (Å²) in [6.45, 7) is 3.19. The largest absolute Gasteiger partial charge is 0.330 e. The number of rotatable bonds is 5. The minimum atomic E-state index is 0.0315. The van der Waals surface area contributed by atoms with Gasteiger partial charge in [0, 0.05) is 30.9 Å². The molecule has 0 aliphatic rings. The van der Waals surface area contributed by atoms with Crippen molar-refractivity contribution in [3.63, 3.8) is 0 Å². The number of halogens is 1. The van der Waals surface area contributed by atoms with E-state index >= 15 is 0 Å². The van der Waals surface area contributed by atoms with E-state index in [9.17, 15) is 4.79 Å². The molecular formula is C19H17BrN2OS. The highest BCUT2D eigenvalue weighted by atomic mass is 79.9. The van der Waals surface area contributed by atoms with Gasteiger partial charge in [-0.05, 0) is 51.7 Å². The molecule has 0 unspecified atom stereocenters. The van der Waals surface area contributed by atoms with E-state index < -0.39 is 0 Å². The number of aryl methyl sites for hydroxylation is 1. The SMILES string of the molecule is Cc1ccccc1CN(Cc1cccnc1)C(=O)c1csc(Br)c1. The lowest BCUT2D eigenvalue weighted by molar-refractivity contribution is 0.0730. The van der Waals surface area contributed by atoms with Gasteiger partial charge in [-0.15, -0.1) is 11.3 Å². The molecule has 0 aliphatic heterocycles. The molecule has 0 saturated heterocycles. The fourth-order valence-corrected chi connectivity index (χ4v) is 3.64. The number of carbonyl (C=O) groups excluding carboxylic acids is 1. The van der Waals surface area contributed by atoms with Crippen LogP contribution in [0.5, 0.6) is 0 Å². The molecule has 0 aliphatic carbocycles. The van der Waals surface area contributed by atoms with Gasteiger partial charge in [0.05, 0.1) is 9.35 Å². The van der Waals surface area contributed by atoms with Crippen LogP contribution in [0.4, 0.5) is 0 Å². The second-order valence-electron chi connectivity index (χ2n) is 5.59. The lowest BCUT2D eigenvalue weighted by Gasteiger charge is -2.23. The summed E-state index contributed by atoms with van der Waals surface area (Å²) >= 11 is 4.96. The molecule has 3 rings (SSSR count). The number of amides is 1. The van der Waals surface area contributed by atoms with Crippen LogP contribution in [0.2, 0.25) is 0 Å². The summed E-state index contributed by atoms with van der Waals surface area (Å²) in [5.74, 6) is 0.0315. The van der Waals surface area contributed by atoms with Crippen LogP contribution in [0.25, 0.3) is 0 Å². The zero-order valence-electron chi connectivity index (χ0n) is 13.3. The Morgan fingerprint density at radius 2 is 2.04 bits per heavy atom. The van der Waals surface area contributed by atoms with Crippen LogP contribution in [0.15, 0.2) is 64.0 Å². The maximum absolute atomic E-state index is 13.0. The second kappa shape index (κ2) is 7.73. The molecule has 0 radical (unpaired) electrons. The molecule has 2 heterocycles. The van der Waals surface area contributed by atoms with Gasteiger partial charge in [0.1, 0.15) is 0 Å². The molecule has 1 aromatic carbocycles. The highest BCUT2D eigenvalue weighted by Crippen LogP contribution is 2.23. The summed E-state index contributed by atoms with van der Waals surface area (Å²) in [6.07, 6.45) is 3.55. The number of hydrogen-bond acceptors (Lipinski definition) is 3. The summed E-state index contributed by atoms with van der Waals surface area (Å²) in [5.41, 5.74) is 4.08. The predicted molar refractivity (Wildman–Crippen MR) is 101 cm³/mol. The van der Waals surface area contributed by atoms with E-state index in [0.29, 0.717) is 18.7 Å². The molecule has 24 heavy (non-hydrogen) atoms. The van der Waals surface area contributed by atoms with Gasteiger partial charge in [-0.1, -0.05) is 30.3 Å². The van der Waals surface area contributed by atoms with Crippen LogP contribution >= 0.6 is 27.3 Å². The topological polar surface area (TPSA) is 33.2 Å². The monoisotopic (exact) mass is 400 g/mol. The first-order valence-electron chi connectivity index (χ1n) is 7.60. The minimum absolute atomic E-state index is 0.0315. The van der Waals surface area contributed by atoms with Gasteiger partial charge in [0.15, 0.2) is 0 Å². The Labute approximate surface area is 154 Å². The van der Waals surface area contributed by atoms with Crippen molar-refractivity contribution in [3.05, 3.63) is 86.3 Å². The zero-order chi connectivity index (χ0) is 16.9. The number of benzene rings is 1. The number of carbonyl (C=O) groups is 1. The van der Waals surface area contributed by atoms with Gasteiger partial charge in [0.25, 0.3) is 5.91 Å². The van der Waals surface area contributed by atoms with Crippen LogP contribution in [-0.2, 0) is 13.1 Å². The summed E-state index contributed by atoms with van der Waals surface area (Å²) in [4.78, 5) is 19.0. The zero-order valence-corrected chi connectivity index (χ0v) is 15.7. The Morgan fingerprint density at radius 1 is 1.21 bits per heavy atom. The first-order valence-corrected chi connectivity index (χ1v) is 9.27. The van der Waals surface area contributed by atoms with E-state index in [-0.39, 0.29) is 5.91 Å². The molecule has 3 aromatic rings. The van der Waals surface area contributed by atoms with Crippen molar-refractivity contribution >= 4 is 33.2 Å². The number of hydrogen-bond donors (Lipinski definition) is 0. The Kier molecular flexibility index (Phi) is 5.43. The van der Waals surface area contributed by atoms with Crippen molar-refractivity contribution in [1.82, 2.24) is 9.88 Å². The van der Waals surface area contributed by atoms with Crippen LogP contribution in [-0.4, -0.2) is 15.8 Å². The summed E-state index contributed by atoms with van der Waals surface area (Å²) < 4.78 is 0.961. The standard InChI is InChI=1S/C19H17BrN2OS/c1-14-5-2-3-7-16(14)12-22(11-15-6-4-8-21-10-15)19(23)17-9-18(20)24-13-17/h2-10,13H,11-12H2,1H3. The third-order valence-electron chi connectivity index (χ3n) is 3.82. The van der Waals surface area contributed by atoms with Gasteiger partial charge in [0.2, 0.25) is 0 Å². The highest BCUT2D eigenvalue weighted by Gasteiger charge is 2.18. The number of thiophene rings is 1. The van der Waals surface area contributed by atoms with E-state index in [1.54, 1.807) is 6.20 Å². The average Bonchev–Trinajstić information content (AvgIpc) is 3.03. The molecule has 1 amide bonds. The third kappa shape index (κ3) is 4.10. The normalized spacial score (nSPS) is 10.6. The Hall–Kier alpha value is -1.98. The minimum Gasteiger partial charge on any atom is -0.330 e. The second-order valence-corrected chi connectivity index (χ2v) is 7.88. The van der Waals surface area contributed by atoms with Crippen molar-refractivity contribution in [3.8, 4) is 0 Å². The van der Waals surface area contributed by atoms with Crippen molar-refractivity contribution in [2.45, 2.75) is 20.0 Å². The lowest BCUT2D eigenvalue weighted by Crippen LogP contribution is -2.30. The molecule has 0 bridgehead atoms. The summed E-state index contributed by atoms with van der Waals surface area (Å²) in [7, 11) is 0. The first-order chi connectivity index (χ1) is 11.6. The third-order valence-corrected chi connectivity index (χ3v) is 5.32. The Morgan fingerprint density at radius 3 is 2.71 bits per heavy atom. The number of pyridine rings is 1. The van der Waals surface area contributed by atoms with Crippen molar-refractivity contribution in [1.29, 1.82) is 0 Å². The van der Waals surface area contributed by atoms with Gasteiger partial charge >= 0.3 is 0 Å². The highest BCUT2D eigenvalue weighted by molar-refractivity contribution is 9.11. The molecule has 2 aromatic heterocycles. The number of nitrogens with zero attached hydrogens (tertiary/aromatic N) is 2. The first kappa shape index (κ1) is 16.9. The van der Waals surface area contributed by atoms with E-state index in [1.165, 1.54) is 16.9 Å². The van der Waals surface area contributed by atoms with Crippen LogP contribution in [0.1, 0.15) is 27.0 Å². The van der Waals surface area contributed by atoms with Gasteiger partial charge in [-0.25, -0.2) is 0 Å². The van der Waals surface area contributed by atoms with E-state index in [2.05, 4.69) is 40.0 Å². The average molecular weight is 401 g/mol. The molecule has 3 nitrogen and oxygen atoms in total. The molecule has 0 N–H and O–H groups in total. The molecule has 0 atom stereocenters. The Balaban J connectivity index is 1.88. The van der Waals surface area contributed by atoms with Gasteiger partial charge < -0.3 is 4.90 Å². The molecule has 0 fully saturated rings. The summed E-state index contributed by atoms with van der Waals surface area (Å²) in [6, 6.07) is 13.9. The van der Waals surface area contributed by atoms with E-state index in [4.69, 9.17) is 0 Å². The predicted octanol–water partition coefficient (Wildman–Crippen LogP) is 5.06. The van der Waals surface area contributed by atoms with E-state index in [0.717, 1.165) is 14.9 Å². The van der Waals surface area contributed by atoms with Crippen molar-refractivity contribution < 1.29 is 4.79 Å². The fourth-order valence-electron chi connectivity index (χ4n) is 2.51. The number of aromatic nitrogens is 1. The maximum Gasteiger partial charge on any atom is 0.255 e. The lowest BCUT2D eigenvalue weighted by atomic mass is 10.1. The fraction of sp³-hybridized carbons (Fsp3) is 0.158. The molecule has 122 valence electrons. The van der Waals surface area contributed by atoms with Crippen molar-refractivity contribution in [2.75, 3.05) is 0 Å². The van der Waals surface area contributed by atoms with Gasteiger partial charge in [-0.3, -0.25) is 9.78 Å². The summed E-state index contributed by atoms with van der Waals surface area (Å²) in [5, 5.41) is 1.89.